The van der Waals surface area contributed by atoms with Crippen LogP contribution in [-0.4, -0.2) is 14.5 Å². The predicted octanol–water partition coefficient (Wildman–Crippen LogP) is 5.34. The number of benzene rings is 1. The molecule has 0 N–H and O–H groups in total. The molecule has 0 saturated carbocycles. The van der Waals surface area contributed by atoms with Crippen molar-refractivity contribution in [1.82, 2.24) is 14.5 Å². The lowest BCUT2D eigenvalue weighted by atomic mass is 10.2. The molecule has 0 spiro atoms. The molecule has 0 aliphatic rings. The third-order valence-electron chi connectivity index (χ3n) is 3.26. The van der Waals surface area contributed by atoms with Gasteiger partial charge in [-0.3, -0.25) is 4.57 Å². The van der Waals surface area contributed by atoms with Crippen molar-refractivity contribution in [3.63, 3.8) is 0 Å². The number of hydrogen-bond acceptors (Lipinski definition) is 2. The topological polar surface area (TPSA) is 30.7 Å². The predicted molar refractivity (Wildman–Crippen MR) is 87.9 cm³/mol. The highest BCUT2D eigenvalue weighted by Gasteiger charge is 2.20. The van der Waals surface area contributed by atoms with E-state index in [4.69, 9.17) is 34.8 Å². The van der Waals surface area contributed by atoms with Crippen molar-refractivity contribution < 1.29 is 0 Å². The number of alkyl halides is 1. The van der Waals surface area contributed by atoms with Crippen LogP contribution in [0.5, 0.6) is 0 Å². The van der Waals surface area contributed by atoms with Gasteiger partial charge in [0.05, 0.1) is 21.1 Å². The average Bonchev–Trinajstić information content (AvgIpc) is 2.77. The molecule has 1 atom stereocenters. The fraction of sp³-hybridized carbons (Fsp3) is 0.200. The first-order chi connectivity index (χ1) is 9.99. The summed E-state index contributed by atoms with van der Waals surface area (Å²) >= 11 is 18.7. The minimum atomic E-state index is -0.284. The van der Waals surface area contributed by atoms with Crippen LogP contribution in [0.3, 0.4) is 0 Å². The summed E-state index contributed by atoms with van der Waals surface area (Å²) in [5.74, 6) is 0.692. The van der Waals surface area contributed by atoms with E-state index in [0.717, 1.165) is 11.3 Å². The van der Waals surface area contributed by atoms with Crippen LogP contribution in [0.2, 0.25) is 10.0 Å². The molecule has 3 rings (SSSR count). The summed E-state index contributed by atoms with van der Waals surface area (Å²) in [6, 6.07) is 7.52. The van der Waals surface area contributed by atoms with E-state index in [1.165, 1.54) is 0 Å². The Kier molecular flexibility index (Phi) is 3.82. The van der Waals surface area contributed by atoms with Gasteiger partial charge in [0.15, 0.2) is 5.65 Å². The molecule has 0 bridgehead atoms. The molecule has 0 radical (unpaired) electrons. The molecule has 21 heavy (non-hydrogen) atoms. The van der Waals surface area contributed by atoms with Gasteiger partial charge in [0, 0.05) is 6.20 Å². The summed E-state index contributed by atoms with van der Waals surface area (Å²) in [5, 5.41) is 0.884. The molecule has 3 nitrogen and oxygen atoms in total. The third-order valence-corrected chi connectivity index (χ3v) is 3.96. The number of nitrogens with zero attached hydrogens (tertiary/aromatic N) is 3. The second-order valence-corrected chi connectivity index (χ2v) is 6.32. The van der Waals surface area contributed by atoms with E-state index in [1.54, 1.807) is 12.3 Å². The molecule has 0 saturated heterocycles. The largest absolute Gasteiger partial charge is 0.278 e. The van der Waals surface area contributed by atoms with Crippen molar-refractivity contribution in [2.24, 2.45) is 0 Å². The molecule has 2 aromatic heterocycles. The van der Waals surface area contributed by atoms with Crippen molar-refractivity contribution in [2.75, 3.05) is 0 Å². The second-order valence-electron chi connectivity index (χ2n) is 4.82. The number of aromatic nitrogens is 3. The van der Waals surface area contributed by atoms with Gasteiger partial charge in [-0.15, -0.1) is 11.6 Å². The zero-order valence-corrected chi connectivity index (χ0v) is 13.7. The summed E-state index contributed by atoms with van der Waals surface area (Å²) in [5.41, 5.74) is 3.26. The van der Waals surface area contributed by atoms with Crippen molar-refractivity contribution >= 4 is 46.0 Å². The van der Waals surface area contributed by atoms with E-state index < -0.39 is 0 Å². The van der Waals surface area contributed by atoms with Crippen LogP contribution >= 0.6 is 34.8 Å². The maximum atomic E-state index is 6.38. The third kappa shape index (κ3) is 2.50. The van der Waals surface area contributed by atoms with E-state index in [1.807, 2.05) is 36.6 Å². The molecule has 0 aliphatic carbocycles. The highest BCUT2D eigenvalue weighted by atomic mass is 35.5. The molecular formula is C15H12Cl3N3. The Morgan fingerprint density at radius 1 is 1.24 bits per heavy atom. The first kappa shape index (κ1) is 14.6. The zero-order valence-electron chi connectivity index (χ0n) is 11.4. The van der Waals surface area contributed by atoms with Crippen LogP contribution in [0, 0.1) is 6.92 Å². The molecule has 1 aromatic carbocycles. The Labute approximate surface area is 137 Å². The highest BCUT2D eigenvalue weighted by Crippen LogP contribution is 2.33. The van der Waals surface area contributed by atoms with Gasteiger partial charge < -0.3 is 0 Å². The lowest BCUT2D eigenvalue weighted by Crippen LogP contribution is -2.05. The molecular weight excluding hydrogens is 329 g/mol. The van der Waals surface area contributed by atoms with Gasteiger partial charge in [0.1, 0.15) is 11.3 Å². The number of fused-ring (bicyclic) bond motifs is 1. The lowest BCUT2D eigenvalue weighted by Gasteiger charge is -2.14. The molecule has 108 valence electrons. The number of aryl methyl sites for hydroxylation is 1. The SMILES string of the molecule is Cc1cccc(Cl)c1-n1c(C(C)Cl)nc2cc(Cl)cnc21. The first-order valence-electron chi connectivity index (χ1n) is 6.42. The van der Waals surface area contributed by atoms with Gasteiger partial charge in [-0.25, -0.2) is 9.97 Å². The van der Waals surface area contributed by atoms with E-state index >= 15 is 0 Å². The van der Waals surface area contributed by atoms with E-state index in [-0.39, 0.29) is 5.38 Å². The summed E-state index contributed by atoms with van der Waals surface area (Å²) in [6.07, 6.45) is 1.59. The lowest BCUT2D eigenvalue weighted by molar-refractivity contribution is 0.873. The zero-order chi connectivity index (χ0) is 15.1. The Hall–Kier alpha value is -1.29. The fourth-order valence-electron chi connectivity index (χ4n) is 2.35. The summed E-state index contributed by atoms with van der Waals surface area (Å²) < 4.78 is 1.90. The molecule has 3 aromatic rings. The fourth-order valence-corrected chi connectivity index (χ4v) is 2.96. The maximum absolute atomic E-state index is 6.38. The average molecular weight is 341 g/mol. The monoisotopic (exact) mass is 339 g/mol. The molecule has 1 unspecified atom stereocenters. The summed E-state index contributed by atoms with van der Waals surface area (Å²) in [4.78, 5) is 8.95. The molecule has 6 heteroatoms. The standard InChI is InChI=1S/C15H12Cl3N3/c1-8-4-3-5-11(18)13(8)21-14(9(2)16)20-12-6-10(17)7-19-15(12)21/h3-7,9H,1-2H3. The number of imidazole rings is 1. The smallest absolute Gasteiger partial charge is 0.164 e. The molecule has 0 fully saturated rings. The highest BCUT2D eigenvalue weighted by molar-refractivity contribution is 6.32. The van der Waals surface area contributed by atoms with Crippen molar-refractivity contribution in [3.05, 3.63) is 51.9 Å². The van der Waals surface area contributed by atoms with Crippen LogP contribution < -0.4 is 0 Å². The Bertz CT molecular complexity index is 804. The molecule has 2 heterocycles. The van der Waals surface area contributed by atoms with Crippen molar-refractivity contribution in [2.45, 2.75) is 19.2 Å². The minimum absolute atomic E-state index is 0.284. The van der Waals surface area contributed by atoms with E-state index in [2.05, 4.69) is 9.97 Å². The van der Waals surface area contributed by atoms with Gasteiger partial charge in [-0.1, -0.05) is 35.3 Å². The minimum Gasteiger partial charge on any atom is -0.278 e. The number of pyridine rings is 1. The number of rotatable bonds is 2. The number of para-hydroxylation sites is 1. The van der Waals surface area contributed by atoms with Crippen molar-refractivity contribution in [1.29, 1.82) is 0 Å². The Morgan fingerprint density at radius 3 is 2.67 bits per heavy atom. The Morgan fingerprint density at radius 2 is 2.00 bits per heavy atom. The first-order valence-corrected chi connectivity index (χ1v) is 7.61. The van der Waals surface area contributed by atoms with Crippen LogP contribution in [0.1, 0.15) is 23.7 Å². The van der Waals surface area contributed by atoms with Crippen LogP contribution in [0.4, 0.5) is 0 Å². The molecule has 0 aliphatic heterocycles. The van der Waals surface area contributed by atoms with Gasteiger partial charge in [-0.05, 0) is 31.5 Å². The van der Waals surface area contributed by atoms with E-state index in [9.17, 15) is 0 Å². The van der Waals surface area contributed by atoms with Gasteiger partial charge >= 0.3 is 0 Å². The number of halogens is 3. The quantitative estimate of drug-likeness (QED) is 0.590. The van der Waals surface area contributed by atoms with Gasteiger partial charge in [0.2, 0.25) is 0 Å². The van der Waals surface area contributed by atoms with Crippen LogP contribution in [0.25, 0.3) is 16.9 Å². The normalized spacial score (nSPS) is 12.8. The summed E-state index contributed by atoms with van der Waals surface area (Å²) in [6.45, 7) is 3.86. The second kappa shape index (κ2) is 5.48. The number of hydrogen-bond donors (Lipinski definition) is 0. The van der Waals surface area contributed by atoms with Crippen molar-refractivity contribution in [3.8, 4) is 5.69 Å². The van der Waals surface area contributed by atoms with Gasteiger partial charge in [-0.2, -0.15) is 0 Å². The van der Waals surface area contributed by atoms with Crippen LogP contribution in [-0.2, 0) is 0 Å². The summed E-state index contributed by atoms with van der Waals surface area (Å²) in [7, 11) is 0. The van der Waals surface area contributed by atoms with Crippen LogP contribution in [0.15, 0.2) is 30.5 Å². The Balaban J connectivity index is 2.42. The van der Waals surface area contributed by atoms with E-state index in [0.29, 0.717) is 27.0 Å². The molecule has 0 amide bonds. The maximum Gasteiger partial charge on any atom is 0.164 e. The van der Waals surface area contributed by atoms with Gasteiger partial charge in [0.25, 0.3) is 0 Å².